The van der Waals surface area contributed by atoms with Crippen LogP contribution in [-0.4, -0.2) is 9.78 Å². The number of halogens is 1. The minimum atomic E-state index is 0.539. The molecule has 13 heavy (non-hydrogen) atoms. The first-order chi connectivity index (χ1) is 6.22. The second-order valence-electron chi connectivity index (χ2n) is 2.75. The summed E-state index contributed by atoms with van der Waals surface area (Å²) in [5.41, 5.74) is 1.33. The van der Waals surface area contributed by atoms with Crippen LogP contribution < -0.4 is 0 Å². The normalized spacial score (nSPS) is 10.2. The highest BCUT2D eigenvalue weighted by Crippen LogP contribution is 2.21. The molecular formula is C9H6ClN3. The second-order valence-corrected chi connectivity index (χ2v) is 3.18. The van der Waals surface area contributed by atoms with Crippen molar-refractivity contribution in [1.82, 2.24) is 9.78 Å². The number of hydrogen-bond acceptors (Lipinski definition) is 2. The Bertz CT molecular complexity index is 507. The van der Waals surface area contributed by atoms with E-state index in [4.69, 9.17) is 16.9 Å². The Balaban J connectivity index is 2.91. The van der Waals surface area contributed by atoms with Crippen molar-refractivity contribution in [1.29, 1.82) is 5.26 Å². The van der Waals surface area contributed by atoms with Crippen molar-refractivity contribution in [2.24, 2.45) is 7.05 Å². The third-order valence-electron chi connectivity index (χ3n) is 1.90. The van der Waals surface area contributed by atoms with Crippen LogP contribution in [0.4, 0.5) is 0 Å². The van der Waals surface area contributed by atoms with Gasteiger partial charge in [-0.3, -0.25) is 4.68 Å². The number of rotatable bonds is 0. The summed E-state index contributed by atoms with van der Waals surface area (Å²) in [4.78, 5) is 0. The monoisotopic (exact) mass is 191 g/mol. The van der Waals surface area contributed by atoms with Crippen molar-refractivity contribution in [2.45, 2.75) is 0 Å². The van der Waals surface area contributed by atoms with E-state index >= 15 is 0 Å². The molecule has 2 rings (SSSR count). The van der Waals surface area contributed by atoms with E-state index in [-0.39, 0.29) is 0 Å². The number of fused-ring (bicyclic) bond motifs is 1. The highest BCUT2D eigenvalue weighted by atomic mass is 35.5. The molecule has 0 N–H and O–H groups in total. The maximum Gasteiger partial charge on any atom is 0.146 e. The summed E-state index contributed by atoms with van der Waals surface area (Å²) in [5, 5.41) is 14.4. The zero-order valence-electron chi connectivity index (χ0n) is 6.95. The second kappa shape index (κ2) is 2.75. The lowest BCUT2D eigenvalue weighted by molar-refractivity contribution is 0.767. The van der Waals surface area contributed by atoms with E-state index in [9.17, 15) is 0 Å². The van der Waals surface area contributed by atoms with Gasteiger partial charge in [0.15, 0.2) is 0 Å². The third kappa shape index (κ3) is 1.16. The molecule has 0 atom stereocenters. The number of benzene rings is 1. The molecule has 0 aliphatic rings. The molecule has 0 radical (unpaired) electrons. The van der Waals surface area contributed by atoms with Gasteiger partial charge in [0, 0.05) is 17.5 Å². The molecule has 1 aromatic carbocycles. The molecular weight excluding hydrogens is 186 g/mol. The number of nitrogens with zero attached hydrogens (tertiary/aromatic N) is 3. The summed E-state index contributed by atoms with van der Waals surface area (Å²) in [6, 6.07) is 7.41. The largest absolute Gasteiger partial charge is 0.257 e. The highest BCUT2D eigenvalue weighted by Gasteiger charge is 2.07. The molecule has 64 valence electrons. The van der Waals surface area contributed by atoms with E-state index in [0.29, 0.717) is 10.7 Å². The number of aromatic nitrogens is 2. The Kier molecular flexibility index (Phi) is 1.71. The molecule has 0 saturated heterocycles. The molecule has 1 heterocycles. The van der Waals surface area contributed by atoms with Crippen LogP contribution in [-0.2, 0) is 7.05 Å². The first-order valence-corrected chi connectivity index (χ1v) is 4.12. The Morgan fingerprint density at radius 1 is 1.54 bits per heavy atom. The fraction of sp³-hybridized carbons (Fsp3) is 0.111. The van der Waals surface area contributed by atoms with E-state index in [1.165, 1.54) is 0 Å². The van der Waals surface area contributed by atoms with Crippen LogP contribution in [0.5, 0.6) is 0 Å². The Labute approximate surface area is 80.1 Å². The lowest BCUT2D eigenvalue weighted by Gasteiger charge is -1.89. The lowest BCUT2D eigenvalue weighted by Crippen LogP contribution is -1.92. The average Bonchev–Trinajstić information content (AvgIpc) is 2.40. The van der Waals surface area contributed by atoms with Crippen molar-refractivity contribution in [2.75, 3.05) is 0 Å². The number of aryl methyl sites for hydroxylation is 1. The van der Waals surface area contributed by atoms with Crippen LogP contribution in [0.2, 0.25) is 5.02 Å². The van der Waals surface area contributed by atoms with Crippen LogP contribution in [0, 0.1) is 11.3 Å². The molecule has 3 nitrogen and oxygen atoms in total. The Morgan fingerprint density at radius 2 is 2.31 bits per heavy atom. The van der Waals surface area contributed by atoms with Crippen molar-refractivity contribution in [3.8, 4) is 6.07 Å². The van der Waals surface area contributed by atoms with Crippen molar-refractivity contribution in [3.05, 3.63) is 28.9 Å². The van der Waals surface area contributed by atoms with Crippen LogP contribution in [0.25, 0.3) is 10.9 Å². The predicted molar refractivity (Wildman–Crippen MR) is 50.4 cm³/mol. The van der Waals surface area contributed by atoms with Crippen molar-refractivity contribution in [3.63, 3.8) is 0 Å². The summed E-state index contributed by atoms with van der Waals surface area (Å²) >= 11 is 5.81. The first kappa shape index (κ1) is 8.09. The van der Waals surface area contributed by atoms with Crippen molar-refractivity contribution >= 4 is 22.5 Å². The highest BCUT2D eigenvalue weighted by molar-refractivity contribution is 6.31. The van der Waals surface area contributed by atoms with Gasteiger partial charge in [0.1, 0.15) is 11.8 Å². The summed E-state index contributed by atoms with van der Waals surface area (Å²) in [6.07, 6.45) is 0. The van der Waals surface area contributed by atoms with E-state index in [1.807, 2.05) is 0 Å². The molecule has 4 heteroatoms. The summed E-state index contributed by atoms with van der Waals surface area (Å²) < 4.78 is 1.56. The van der Waals surface area contributed by atoms with Gasteiger partial charge < -0.3 is 0 Å². The summed E-state index contributed by atoms with van der Waals surface area (Å²) in [6.45, 7) is 0. The van der Waals surface area contributed by atoms with Gasteiger partial charge in [0.2, 0.25) is 0 Å². The molecule has 0 fully saturated rings. The van der Waals surface area contributed by atoms with E-state index in [2.05, 4.69) is 11.2 Å². The van der Waals surface area contributed by atoms with E-state index in [0.717, 1.165) is 10.9 Å². The average molecular weight is 192 g/mol. The van der Waals surface area contributed by atoms with Gasteiger partial charge in [-0.25, -0.2) is 0 Å². The standard InChI is InChI=1S/C9H6ClN3/c1-13-9(5-11)7-4-6(10)2-3-8(7)12-13/h2-4H,1H3. The number of nitriles is 1. The van der Waals surface area contributed by atoms with E-state index in [1.54, 1.807) is 29.9 Å². The molecule has 0 aliphatic heterocycles. The van der Waals surface area contributed by atoms with Gasteiger partial charge >= 0.3 is 0 Å². The van der Waals surface area contributed by atoms with Gasteiger partial charge in [0.25, 0.3) is 0 Å². The minimum Gasteiger partial charge on any atom is -0.257 e. The smallest absolute Gasteiger partial charge is 0.146 e. The SMILES string of the molecule is Cn1nc2ccc(Cl)cc2c1C#N. The van der Waals surface area contributed by atoms with Crippen LogP contribution >= 0.6 is 11.6 Å². The molecule has 1 aromatic heterocycles. The molecule has 0 unspecified atom stereocenters. The Hall–Kier alpha value is -1.53. The minimum absolute atomic E-state index is 0.539. The van der Waals surface area contributed by atoms with Gasteiger partial charge in [-0.15, -0.1) is 0 Å². The van der Waals surface area contributed by atoms with Gasteiger partial charge in [0.05, 0.1) is 5.52 Å². The third-order valence-corrected chi connectivity index (χ3v) is 2.14. The molecule has 0 spiro atoms. The zero-order chi connectivity index (χ0) is 9.42. The first-order valence-electron chi connectivity index (χ1n) is 3.75. The topological polar surface area (TPSA) is 41.6 Å². The fourth-order valence-electron chi connectivity index (χ4n) is 1.30. The number of hydrogen-bond donors (Lipinski definition) is 0. The predicted octanol–water partition coefficient (Wildman–Crippen LogP) is 2.10. The summed E-state index contributed by atoms with van der Waals surface area (Å²) in [5.74, 6) is 0. The molecule has 0 saturated carbocycles. The maximum atomic E-state index is 8.84. The zero-order valence-corrected chi connectivity index (χ0v) is 7.71. The lowest BCUT2D eigenvalue weighted by atomic mass is 10.2. The maximum absolute atomic E-state index is 8.84. The van der Waals surface area contributed by atoms with Gasteiger partial charge in [-0.1, -0.05) is 11.6 Å². The van der Waals surface area contributed by atoms with Crippen LogP contribution in [0.3, 0.4) is 0 Å². The molecule has 0 bridgehead atoms. The quantitative estimate of drug-likeness (QED) is 0.640. The molecule has 2 aromatic rings. The molecule has 0 aliphatic carbocycles. The Morgan fingerprint density at radius 3 is 3.00 bits per heavy atom. The van der Waals surface area contributed by atoms with Gasteiger partial charge in [-0.2, -0.15) is 10.4 Å². The van der Waals surface area contributed by atoms with E-state index < -0.39 is 0 Å². The van der Waals surface area contributed by atoms with Crippen LogP contribution in [0.1, 0.15) is 5.69 Å². The van der Waals surface area contributed by atoms with Crippen molar-refractivity contribution < 1.29 is 0 Å². The summed E-state index contributed by atoms with van der Waals surface area (Å²) in [7, 11) is 1.74. The molecule has 0 amide bonds. The fourth-order valence-corrected chi connectivity index (χ4v) is 1.48. The van der Waals surface area contributed by atoms with Crippen LogP contribution in [0.15, 0.2) is 18.2 Å². The van der Waals surface area contributed by atoms with Gasteiger partial charge in [-0.05, 0) is 18.2 Å².